The highest BCUT2D eigenvalue weighted by atomic mass is 32.2. The molecule has 2 aromatic rings. The third kappa shape index (κ3) is 7.51. The fourth-order valence-electron chi connectivity index (χ4n) is 2.09. The summed E-state index contributed by atoms with van der Waals surface area (Å²) in [6, 6.07) is 12.2. The Bertz CT molecular complexity index is 809. The number of aryl methyl sites for hydroxylation is 1. The lowest BCUT2D eigenvalue weighted by atomic mass is 10.2. The van der Waals surface area contributed by atoms with Gasteiger partial charge in [-0.2, -0.15) is 0 Å². The summed E-state index contributed by atoms with van der Waals surface area (Å²) in [7, 11) is 0. The molecular formula is C19H19F3N2O3S. The molecule has 2 rings (SSSR count). The second-order valence-electron chi connectivity index (χ2n) is 5.93. The van der Waals surface area contributed by atoms with E-state index in [1.807, 2.05) is 19.1 Å². The normalized spacial score (nSPS) is 12.2. The number of ether oxygens (including phenoxy) is 1. The number of carbonyl (C=O) groups excluding carboxylic acids is 2. The van der Waals surface area contributed by atoms with Gasteiger partial charge in [-0.1, -0.05) is 17.7 Å². The van der Waals surface area contributed by atoms with E-state index in [2.05, 4.69) is 15.4 Å². The molecule has 0 aromatic heterocycles. The lowest BCUT2D eigenvalue weighted by Crippen LogP contribution is -2.25. The van der Waals surface area contributed by atoms with Crippen molar-refractivity contribution in [1.29, 1.82) is 0 Å². The largest absolute Gasteiger partial charge is 0.573 e. The number of thioether (sulfide) groups is 1. The SMILES string of the molecule is Cc1ccc(NC(=O)CSC(C)C(=O)Nc2ccc(OC(F)(F)F)cc2)cc1. The quantitative estimate of drug-likeness (QED) is 0.698. The van der Waals surface area contributed by atoms with Gasteiger partial charge in [0.05, 0.1) is 11.0 Å². The summed E-state index contributed by atoms with van der Waals surface area (Å²) < 4.78 is 40.2. The summed E-state index contributed by atoms with van der Waals surface area (Å²) in [6.07, 6.45) is -4.77. The number of hydrogen-bond donors (Lipinski definition) is 2. The second kappa shape index (κ2) is 9.50. The molecule has 0 radical (unpaired) electrons. The van der Waals surface area contributed by atoms with E-state index in [1.165, 1.54) is 12.1 Å². The predicted molar refractivity (Wildman–Crippen MR) is 103 cm³/mol. The van der Waals surface area contributed by atoms with Crippen LogP contribution in [0.4, 0.5) is 24.5 Å². The minimum absolute atomic E-state index is 0.0842. The van der Waals surface area contributed by atoms with Gasteiger partial charge in [-0.25, -0.2) is 0 Å². The van der Waals surface area contributed by atoms with Gasteiger partial charge < -0.3 is 15.4 Å². The number of hydrogen-bond acceptors (Lipinski definition) is 4. The van der Waals surface area contributed by atoms with E-state index in [0.717, 1.165) is 29.5 Å². The topological polar surface area (TPSA) is 67.4 Å². The van der Waals surface area contributed by atoms with Gasteiger partial charge in [-0.3, -0.25) is 9.59 Å². The van der Waals surface area contributed by atoms with Crippen molar-refractivity contribution in [2.75, 3.05) is 16.4 Å². The first-order valence-corrected chi connectivity index (χ1v) is 9.32. The molecule has 0 spiro atoms. The lowest BCUT2D eigenvalue weighted by Gasteiger charge is -2.13. The fraction of sp³-hybridized carbons (Fsp3) is 0.263. The van der Waals surface area contributed by atoms with Gasteiger partial charge in [0.15, 0.2) is 0 Å². The van der Waals surface area contributed by atoms with Crippen molar-refractivity contribution in [2.24, 2.45) is 0 Å². The van der Waals surface area contributed by atoms with Crippen LogP contribution in [0.3, 0.4) is 0 Å². The zero-order chi connectivity index (χ0) is 20.7. The Morgan fingerprint density at radius 2 is 1.54 bits per heavy atom. The molecule has 2 N–H and O–H groups in total. The highest BCUT2D eigenvalue weighted by Crippen LogP contribution is 2.24. The van der Waals surface area contributed by atoms with Gasteiger partial charge in [0.1, 0.15) is 5.75 Å². The number of alkyl halides is 3. The number of carbonyl (C=O) groups is 2. The molecule has 0 fully saturated rings. The first kappa shape index (κ1) is 21.6. The summed E-state index contributed by atoms with van der Waals surface area (Å²) >= 11 is 1.15. The monoisotopic (exact) mass is 412 g/mol. The average Bonchev–Trinajstić information content (AvgIpc) is 2.62. The molecule has 0 aliphatic carbocycles. The van der Waals surface area contributed by atoms with Crippen molar-refractivity contribution >= 4 is 35.0 Å². The van der Waals surface area contributed by atoms with Crippen LogP contribution in [-0.4, -0.2) is 29.2 Å². The van der Waals surface area contributed by atoms with E-state index in [0.29, 0.717) is 11.4 Å². The summed E-state index contributed by atoms with van der Waals surface area (Å²) in [5.74, 6) is -0.888. The molecule has 2 amide bonds. The Labute approximate surface area is 164 Å². The first-order valence-electron chi connectivity index (χ1n) is 8.27. The summed E-state index contributed by atoms with van der Waals surface area (Å²) in [5.41, 5.74) is 2.08. The number of amides is 2. The zero-order valence-corrected chi connectivity index (χ0v) is 16.0. The third-order valence-electron chi connectivity index (χ3n) is 3.52. The average molecular weight is 412 g/mol. The van der Waals surface area contributed by atoms with Crippen molar-refractivity contribution in [3.8, 4) is 5.75 Å². The van der Waals surface area contributed by atoms with Crippen LogP contribution in [0.25, 0.3) is 0 Å². The number of benzene rings is 2. The van der Waals surface area contributed by atoms with Crippen molar-refractivity contribution in [3.63, 3.8) is 0 Å². The fourth-order valence-corrected chi connectivity index (χ4v) is 2.78. The van der Waals surface area contributed by atoms with E-state index in [-0.39, 0.29) is 23.3 Å². The molecule has 0 saturated heterocycles. The molecule has 1 atom stereocenters. The van der Waals surface area contributed by atoms with Crippen molar-refractivity contribution in [2.45, 2.75) is 25.5 Å². The lowest BCUT2D eigenvalue weighted by molar-refractivity contribution is -0.274. The van der Waals surface area contributed by atoms with E-state index in [1.54, 1.807) is 19.1 Å². The summed E-state index contributed by atoms with van der Waals surface area (Å²) in [6.45, 7) is 3.58. The van der Waals surface area contributed by atoms with Crippen LogP contribution in [0, 0.1) is 6.92 Å². The molecule has 0 heterocycles. The van der Waals surface area contributed by atoms with Gasteiger partial charge >= 0.3 is 6.36 Å². The summed E-state index contributed by atoms with van der Waals surface area (Å²) in [4.78, 5) is 24.1. The van der Waals surface area contributed by atoms with E-state index in [4.69, 9.17) is 0 Å². The van der Waals surface area contributed by atoms with Crippen molar-refractivity contribution in [1.82, 2.24) is 0 Å². The Kier molecular flexibility index (Phi) is 7.33. The Morgan fingerprint density at radius 1 is 1.00 bits per heavy atom. The smallest absolute Gasteiger partial charge is 0.406 e. The highest BCUT2D eigenvalue weighted by Gasteiger charge is 2.31. The second-order valence-corrected chi connectivity index (χ2v) is 7.26. The van der Waals surface area contributed by atoms with Crippen LogP contribution < -0.4 is 15.4 Å². The molecule has 0 aliphatic rings. The Balaban J connectivity index is 1.79. The van der Waals surface area contributed by atoms with Gasteiger partial charge in [0.25, 0.3) is 0 Å². The molecule has 5 nitrogen and oxygen atoms in total. The molecule has 1 unspecified atom stereocenters. The maximum atomic E-state index is 12.2. The van der Waals surface area contributed by atoms with Crippen molar-refractivity contribution in [3.05, 3.63) is 54.1 Å². The van der Waals surface area contributed by atoms with Crippen LogP contribution in [0.15, 0.2) is 48.5 Å². The third-order valence-corrected chi connectivity index (χ3v) is 4.67. The van der Waals surface area contributed by atoms with E-state index in [9.17, 15) is 22.8 Å². The maximum Gasteiger partial charge on any atom is 0.573 e. The number of halogens is 3. The minimum atomic E-state index is -4.77. The molecule has 0 aliphatic heterocycles. The molecule has 0 bridgehead atoms. The van der Waals surface area contributed by atoms with Gasteiger partial charge in [0.2, 0.25) is 11.8 Å². The summed E-state index contributed by atoms with van der Waals surface area (Å²) in [5, 5.41) is 4.79. The Morgan fingerprint density at radius 3 is 2.11 bits per heavy atom. The molecule has 28 heavy (non-hydrogen) atoms. The van der Waals surface area contributed by atoms with Gasteiger partial charge in [-0.15, -0.1) is 24.9 Å². The van der Waals surface area contributed by atoms with Crippen molar-refractivity contribution < 1.29 is 27.5 Å². The van der Waals surface area contributed by atoms with E-state index < -0.39 is 11.6 Å². The predicted octanol–water partition coefficient (Wildman–Crippen LogP) is 4.59. The van der Waals surface area contributed by atoms with Crippen LogP contribution in [-0.2, 0) is 9.59 Å². The van der Waals surface area contributed by atoms with E-state index >= 15 is 0 Å². The standard InChI is InChI=1S/C19H19F3N2O3S/c1-12-3-5-14(6-4-12)23-17(25)11-28-13(2)18(26)24-15-7-9-16(10-8-15)27-19(20,21)22/h3-10,13H,11H2,1-2H3,(H,23,25)(H,24,26). The first-order chi connectivity index (χ1) is 13.1. The van der Waals surface area contributed by atoms with Gasteiger partial charge in [-0.05, 0) is 50.2 Å². The Hall–Kier alpha value is -2.68. The molecular weight excluding hydrogens is 393 g/mol. The number of anilines is 2. The molecule has 9 heteroatoms. The number of rotatable bonds is 7. The van der Waals surface area contributed by atoms with Crippen LogP contribution in [0.2, 0.25) is 0 Å². The number of nitrogens with one attached hydrogen (secondary N) is 2. The zero-order valence-electron chi connectivity index (χ0n) is 15.2. The maximum absolute atomic E-state index is 12.2. The van der Waals surface area contributed by atoms with Crippen LogP contribution in [0.1, 0.15) is 12.5 Å². The van der Waals surface area contributed by atoms with Gasteiger partial charge in [0, 0.05) is 11.4 Å². The molecule has 2 aromatic carbocycles. The molecule has 150 valence electrons. The van der Waals surface area contributed by atoms with Crippen LogP contribution in [0.5, 0.6) is 5.75 Å². The molecule has 0 saturated carbocycles. The highest BCUT2D eigenvalue weighted by molar-refractivity contribution is 8.01. The minimum Gasteiger partial charge on any atom is -0.406 e. The van der Waals surface area contributed by atoms with Crippen LogP contribution >= 0.6 is 11.8 Å².